The van der Waals surface area contributed by atoms with Crippen molar-refractivity contribution in [3.63, 3.8) is 0 Å². The molecule has 0 bridgehead atoms. The van der Waals surface area contributed by atoms with Gasteiger partial charge in [-0.2, -0.15) is 0 Å². The van der Waals surface area contributed by atoms with Crippen LogP contribution in [0.15, 0.2) is 96.8 Å². The number of aliphatic hydroxyl groups excluding tert-OH is 1. The number of halogens is 4. The van der Waals surface area contributed by atoms with Crippen molar-refractivity contribution in [1.29, 1.82) is 0 Å². The number of benzene rings is 3. The van der Waals surface area contributed by atoms with Gasteiger partial charge in [0.2, 0.25) is 0 Å². The van der Waals surface area contributed by atoms with Gasteiger partial charge in [-0.3, -0.25) is 0 Å². The van der Waals surface area contributed by atoms with Crippen LogP contribution in [0.2, 0.25) is 3.97 Å². The van der Waals surface area contributed by atoms with E-state index in [0.29, 0.717) is 17.9 Å². The van der Waals surface area contributed by atoms with Crippen LogP contribution in [0.5, 0.6) is 17.2 Å². The Balaban J connectivity index is 1.38. The van der Waals surface area contributed by atoms with Gasteiger partial charge in [0.15, 0.2) is 0 Å². The maximum atomic E-state index is 9.54. The molecule has 3 aromatic rings. The molecule has 4 nitrogen and oxygen atoms in total. The first-order valence-electron chi connectivity index (χ1n) is 10.0. The first-order chi connectivity index (χ1) is 16.2. The number of rotatable bonds is 7. The van der Waals surface area contributed by atoms with Crippen LogP contribution < -0.4 is 20.6 Å². The molecule has 4 rings (SSSR count). The topological polar surface area (TPSA) is 58.9 Å². The molecule has 34 heavy (non-hydrogen) atoms. The average Bonchev–Trinajstić information content (AvgIpc) is 2.84. The van der Waals surface area contributed by atoms with Gasteiger partial charge in [-0.25, -0.2) is 0 Å². The maximum absolute atomic E-state index is 9.54. The molecule has 0 fully saturated rings. The van der Waals surface area contributed by atoms with Crippen molar-refractivity contribution >= 4 is 84.0 Å². The Kier molecular flexibility index (Phi) is 8.77. The Labute approximate surface area is 225 Å². The Bertz CT molecular complexity index is 1200. The molecule has 2 N–H and O–H groups in total. The minimum atomic E-state index is -3.39. The van der Waals surface area contributed by atoms with Gasteiger partial charge < -0.3 is 0 Å². The van der Waals surface area contributed by atoms with Crippen LogP contribution >= 0.6 is 43.4 Å². The van der Waals surface area contributed by atoms with E-state index in [2.05, 4.69) is 25.5 Å². The quantitative estimate of drug-likeness (QED) is 0.174. The van der Waals surface area contributed by atoms with Crippen molar-refractivity contribution in [2.45, 2.75) is 10.4 Å². The predicted octanol–water partition coefficient (Wildman–Crippen LogP) is 6.01. The fourth-order valence-electron chi connectivity index (χ4n) is 3.18. The molecule has 0 saturated heterocycles. The molecule has 10 heteroatoms. The van der Waals surface area contributed by atoms with Crippen LogP contribution in [0.3, 0.4) is 0 Å². The van der Waals surface area contributed by atoms with Crippen molar-refractivity contribution < 1.29 is 20.0 Å². The van der Waals surface area contributed by atoms with Crippen molar-refractivity contribution in [2.24, 2.45) is 0 Å². The Morgan fingerprint density at radius 2 is 1.21 bits per heavy atom. The molecule has 0 saturated carbocycles. The van der Waals surface area contributed by atoms with Crippen molar-refractivity contribution in [2.75, 3.05) is 0 Å². The number of aliphatic hydroxyl groups is 1. The van der Waals surface area contributed by atoms with Crippen molar-refractivity contribution in [3.05, 3.63) is 96.8 Å². The third-order valence-corrected chi connectivity index (χ3v) is 31.2. The molecular weight excluding hydrogens is 838 g/mol. The van der Waals surface area contributed by atoms with Gasteiger partial charge in [0.05, 0.1) is 0 Å². The molecule has 0 heterocycles. The summed E-state index contributed by atoms with van der Waals surface area (Å²) in [5.41, 5.74) is 0. The zero-order valence-electron chi connectivity index (χ0n) is 17.5. The third kappa shape index (κ3) is 6.23. The molecule has 0 aromatic heterocycles. The van der Waals surface area contributed by atoms with Gasteiger partial charge in [-0.05, 0) is 0 Å². The summed E-state index contributed by atoms with van der Waals surface area (Å²) in [7, 11) is 13.6. The normalized spacial score (nSPS) is 17.1. The molecular formula is C24H20Br2Cl2O4Te2. The molecule has 180 valence electrons. The predicted molar refractivity (Wildman–Crippen MR) is 150 cm³/mol. The molecule has 3 aromatic carbocycles. The molecule has 1 aliphatic rings. The molecule has 0 amide bonds. The minimum absolute atomic E-state index is 0.0332. The second-order valence-corrected chi connectivity index (χ2v) is 45.1. The number of phenolic OH excluding ortho intramolecular Hbond substituents is 1. The van der Waals surface area contributed by atoms with Crippen LogP contribution in [0, 0.1) is 0 Å². The second kappa shape index (κ2) is 11.2. The van der Waals surface area contributed by atoms with E-state index in [9.17, 15) is 10.2 Å². The molecule has 1 aliphatic carbocycles. The number of hydrogen-bond acceptors (Lipinski definition) is 4. The fraction of sp³-hybridized carbons (Fsp3) is 0.0833. The zero-order valence-corrected chi connectivity index (χ0v) is 26.8. The van der Waals surface area contributed by atoms with E-state index < -0.39 is 29.7 Å². The first kappa shape index (κ1) is 26.5. The molecule has 0 aliphatic heterocycles. The Morgan fingerprint density at radius 1 is 0.735 bits per heavy atom. The van der Waals surface area contributed by atoms with Crippen molar-refractivity contribution in [3.8, 4) is 17.2 Å². The molecule has 1 unspecified atom stereocenters. The average molecular weight is 858 g/mol. The summed E-state index contributed by atoms with van der Waals surface area (Å²) in [6.07, 6.45) is 5.93. The number of allylic oxidation sites excluding steroid dienone is 3. The number of aromatic hydroxyl groups is 1. The van der Waals surface area contributed by atoms with Crippen LogP contribution in [-0.4, -0.2) is 39.9 Å². The molecule has 1 atom stereocenters. The second-order valence-electron chi connectivity index (χ2n) is 7.34. The summed E-state index contributed by atoms with van der Waals surface area (Å²) in [6, 6.07) is 22.2. The summed E-state index contributed by atoms with van der Waals surface area (Å²) in [5.74, 6) is 1.59. The monoisotopic (exact) mass is 860 g/mol. The van der Waals surface area contributed by atoms with Crippen LogP contribution in [0.25, 0.3) is 0 Å². The summed E-state index contributed by atoms with van der Waals surface area (Å²) in [5, 5.41) is 19.1. The van der Waals surface area contributed by atoms with Gasteiger partial charge in [0, 0.05) is 0 Å². The van der Waals surface area contributed by atoms with E-state index in [4.69, 9.17) is 27.7 Å². The number of hydrogen-bond donors (Lipinski definition) is 2. The fourth-order valence-corrected chi connectivity index (χ4v) is 19.8. The summed E-state index contributed by atoms with van der Waals surface area (Å²) >= 11 is 1.53. The molecule has 0 radical (unpaired) electrons. The molecule has 0 spiro atoms. The summed E-state index contributed by atoms with van der Waals surface area (Å²) in [6.45, 7) is 0. The summed E-state index contributed by atoms with van der Waals surface area (Å²) in [4.78, 5) is 11.0. The van der Waals surface area contributed by atoms with E-state index in [1.165, 1.54) is 0 Å². The number of phenols is 1. The Morgan fingerprint density at radius 3 is 1.68 bits per heavy atom. The van der Waals surface area contributed by atoms with E-state index in [-0.39, 0.29) is 15.5 Å². The van der Waals surface area contributed by atoms with Gasteiger partial charge in [0.1, 0.15) is 0 Å². The Hall–Kier alpha value is -0.541. The van der Waals surface area contributed by atoms with Gasteiger partial charge in [-0.1, -0.05) is 0 Å². The van der Waals surface area contributed by atoms with Gasteiger partial charge in [0.25, 0.3) is 0 Å². The van der Waals surface area contributed by atoms with Crippen LogP contribution in [-0.2, 0) is 0 Å². The first-order valence-corrected chi connectivity index (χ1v) is 31.2. The van der Waals surface area contributed by atoms with Crippen molar-refractivity contribution in [1.82, 2.24) is 0 Å². The van der Waals surface area contributed by atoms with Crippen LogP contribution in [0.4, 0.5) is 0 Å². The standard InChI is InChI=1S/C24H20Br2Cl2O4Te2/c25-33(26,21-9-1-17(29)2-10-21)22-13-5-19(6-14-22)31-32-20-7-15-24(16-8-20)34(27,28)23-11-3-18(30)4-12-23/h1-11,13-16,23,29-30H,12H2. The van der Waals surface area contributed by atoms with Gasteiger partial charge in [-0.15, -0.1) is 0 Å². The zero-order chi connectivity index (χ0) is 24.3. The van der Waals surface area contributed by atoms with E-state index in [1.54, 1.807) is 36.4 Å². The van der Waals surface area contributed by atoms with Crippen LogP contribution in [0.1, 0.15) is 6.42 Å². The summed E-state index contributed by atoms with van der Waals surface area (Å²) < 4.78 is 3.21. The van der Waals surface area contributed by atoms with E-state index in [0.717, 1.165) is 10.8 Å². The van der Waals surface area contributed by atoms with Gasteiger partial charge >= 0.3 is 228 Å². The van der Waals surface area contributed by atoms with E-state index >= 15 is 0 Å². The SMILES string of the molecule is OC1=CCC([Te](Cl)(Cl)c2ccc(OOc3ccc([Te](Br)(Br)c4ccc(O)cc4)cc3)cc2)C=C1. The third-order valence-electron chi connectivity index (χ3n) is 5.05. The van der Waals surface area contributed by atoms with E-state index in [1.807, 2.05) is 54.6 Å².